The molecule has 0 aliphatic carbocycles. The van der Waals surface area contributed by atoms with Gasteiger partial charge < -0.3 is 4.79 Å². The highest BCUT2D eigenvalue weighted by molar-refractivity contribution is 6.03. The molecule has 0 aliphatic heterocycles. The van der Waals surface area contributed by atoms with Crippen LogP contribution in [0.2, 0.25) is 0 Å². The van der Waals surface area contributed by atoms with Crippen LogP contribution in [-0.4, -0.2) is 36.7 Å². The van der Waals surface area contributed by atoms with Crippen molar-refractivity contribution in [3.63, 3.8) is 0 Å². The van der Waals surface area contributed by atoms with Gasteiger partial charge in [0.05, 0.1) is 12.2 Å². The molecule has 6 nitrogen and oxygen atoms in total. The molecule has 3 amide bonds. The lowest BCUT2D eigenvalue weighted by Crippen LogP contribution is -2.51. The quantitative estimate of drug-likeness (QED) is 0.640. The zero-order valence-corrected chi connectivity index (χ0v) is 11.0. The number of rotatable bonds is 5. The second kappa shape index (κ2) is 7.27. The maximum Gasteiger partial charge on any atom is 0.346 e. The molecule has 0 saturated carbocycles. The molecule has 1 rings (SSSR count). The Morgan fingerprint density at radius 2 is 1.89 bits per heavy atom. The summed E-state index contributed by atoms with van der Waals surface area (Å²) in [5.74, 6) is -0.395. The van der Waals surface area contributed by atoms with E-state index in [-0.39, 0.29) is 13.0 Å². The monoisotopic (exact) mass is 263 g/mol. The third-order valence-corrected chi connectivity index (χ3v) is 2.52. The van der Waals surface area contributed by atoms with Gasteiger partial charge in [-0.25, -0.2) is 15.2 Å². The number of aldehydes is 1. The zero-order chi connectivity index (χ0) is 14.3. The van der Waals surface area contributed by atoms with Crippen molar-refractivity contribution >= 4 is 23.9 Å². The minimum absolute atomic E-state index is 0.159. The molecule has 1 N–H and O–H groups in total. The molecule has 102 valence electrons. The Balaban J connectivity index is 2.99. The average molecular weight is 263 g/mol. The average Bonchev–Trinajstić information content (AvgIpc) is 2.45. The number of para-hydroxylation sites is 1. The Kier molecular flexibility index (Phi) is 5.69. The predicted molar refractivity (Wildman–Crippen MR) is 71.4 cm³/mol. The summed E-state index contributed by atoms with van der Waals surface area (Å²) in [6.45, 7) is 1.39. The minimum atomic E-state index is -0.576. The highest BCUT2D eigenvalue weighted by Crippen LogP contribution is 2.13. The van der Waals surface area contributed by atoms with Gasteiger partial charge in [0.2, 0.25) is 5.91 Å². The highest BCUT2D eigenvalue weighted by atomic mass is 16.2. The Labute approximate surface area is 112 Å². The van der Waals surface area contributed by atoms with E-state index in [9.17, 15) is 14.4 Å². The van der Waals surface area contributed by atoms with Gasteiger partial charge in [0.15, 0.2) is 0 Å². The fourth-order valence-corrected chi connectivity index (χ4v) is 1.58. The Hall–Kier alpha value is -2.21. The number of urea groups is 1. The molecule has 1 aromatic rings. The summed E-state index contributed by atoms with van der Waals surface area (Å²) < 4.78 is 0. The first kappa shape index (κ1) is 14.8. The number of nitrogens with zero attached hydrogens (tertiary/aromatic N) is 2. The van der Waals surface area contributed by atoms with Crippen molar-refractivity contribution in [3.05, 3.63) is 30.3 Å². The Morgan fingerprint density at radius 1 is 1.26 bits per heavy atom. The standard InChI is InChI=1S/C13H17N3O3/c1-3-12(18)15(9-10-17)13(19)16(14-2)11-7-5-4-6-8-11/h4-8,10,14H,3,9H2,1-2H3. The predicted octanol–water partition coefficient (Wildman–Crippen LogP) is 1.18. The topological polar surface area (TPSA) is 69.7 Å². The van der Waals surface area contributed by atoms with Crippen molar-refractivity contribution in [1.29, 1.82) is 0 Å². The van der Waals surface area contributed by atoms with Crippen LogP contribution in [0.15, 0.2) is 30.3 Å². The maximum absolute atomic E-state index is 12.3. The van der Waals surface area contributed by atoms with E-state index in [1.165, 1.54) is 5.01 Å². The van der Waals surface area contributed by atoms with Gasteiger partial charge in [-0.2, -0.15) is 0 Å². The first-order valence-electron chi connectivity index (χ1n) is 5.96. The molecule has 19 heavy (non-hydrogen) atoms. The number of amides is 3. The van der Waals surface area contributed by atoms with Gasteiger partial charge in [0.1, 0.15) is 6.29 Å². The molecule has 0 spiro atoms. The van der Waals surface area contributed by atoms with Crippen molar-refractivity contribution in [1.82, 2.24) is 10.3 Å². The summed E-state index contributed by atoms with van der Waals surface area (Å²) in [5, 5.41) is 1.22. The number of benzene rings is 1. The highest BCUT2D eigenvalue weighted by Gasteiger charge is 2.25. The van der Waals surface area contributed by atoms with E-state index in [1.54, 1.807) is 38.2 Å². The summed E-state index contributed by atoms with van der Waals surface area (Å²) in [5.41, 5.74) is 3.30. The molecule has 0 aromatic heterocycles. The molecule has 0 saturated heterocycles. The largest absolute Gasteiger partial charge is 0.346 e. The van der Waals surface area contributed by atoms with Gasteiger partial charge in [0.25, 0.3) is 0 Å². The smallest absolute Gasteiger partial charge is 0.301 e. The molecule has 6 heteroatoms. The summed E-state index contributed by atoms with van der Waals surface area (Å²) in [7, 11) is 1.57. The number of hydrazine groups is 1. The minimum Gasteiger partial charge on any atom is -0.301 e. The number of imide groups is 1. The lowest BCUT2D eigenvalue weighted by Gasteiger charge is -2.27. The van der Waals surface area contributed by atoms with Gasteiger partial charge in [0, 0.05) is 13.5 Å². The van der Waals surface area contributed by atoms with Gasteiger partial charge >= 0.3 is 6.03 Å². The second-order valence-corrected chi connectivity index (χ2v) is 3.70. The molecule has 0 radical (unpaired) electrons. The number of anilines is 1. The van der Waals surface area contributed by atoms with Crippen LogP contribution < -0.4 is 10.4 Å². The number of nitrogens with one attached hydrogen (secondary N) is 1. The van der Waals surface area contributed by atoms with E-state index >= 15 is 0 Å². The second-order valence-electron chi connectivity index (χ2n) is 3.70. The lowest BCUT2D eigenvalue weighted by molar-refractivity contribution is -0.129. The summed E-state index contributed by atoms with van der Waals surface area (Å²) in [4.78, 5) is 35.5. The zero-order valence-electron chi connectivity index (χ0n) is 11.0. The lowest BCUT2D eigenvalue weighted by atomic mass is 10.3. The van der Waals surface area contributed by atoms with E-state index in [1.807, 2.05) is 6.07 Å². The van der Waals surface area contributed by atoms with E-state index in [2.05, 4.69) is 5.43 Å². The molecule has 0 heterocycles. The van der Waals surface area contributed by atoms with Crippen molar-refractivity contribution < 1.29 is 14.4 Å². The molecular weight excluding hydrogens is 246 g/mol. The normalized spacial score (nSPS) is 9.79. The van der Waals surface area contributed by atoms with Crippen LogP contribution in [0.5, 0.6) is 0 Å². The van der Waals surface area contributed by atoms with E-state index in [0.29, 0.717) is 12.0 Å². The molecule has 0 atom stereocenters. The Morgan fingerprint density at radius 3 is 2.37 bits per heavy atom. The van der Waals surface area contributed by atoms with E-state index in [4.69, 9.17) is 0 Å². The van der Waals surface area contributed by atoms with Crippen LogP contribution in [0.3, 0.4) is 0 Å². The van der Waals surface area contributed by atoms with Crippen LogP contribution in [0.4, 0.5) is 10.5 Å². The van der Waals surface area contributed by atoms with Gasteiger partial charge in [-0.15, -0.1) is 0 Å². The first-order valence-corrected chi connectivity index (χ1v) is 5.96. The number of carbonyl (C=O) groups is 3. The fraction of sp³-hybridized carbons (Fsp3) is 0.308. The third-order valence-electron chi connectivity index (χ3n) is 2.52. The summed E-state index contributed by atoms with van der Waals surface area (Å²) >= 11 is 0. The van der Waals surface area contributed by atoms with Gasteiger partial charge in [-0.1, -0.05) is 25.1 Å². The van der Waals surface area contributed by atoms with Crippen LogP contribution in [0, 0.1) is 0 Å². The molecule has 0 unspecified atom stereocenters. The van der Waals surface area contributed by atoms with Crippen LogP contribution in [0.1, 0.15) is 13.3 Å². The van der Waals surface area contributed by atoms with Crippen LogP contribution >= 0.6 is 0 Å². The summed E-state index contributed by atoms with van der Waals surface area (Å²) in [6.07, 6.45) is 0.691. The van der Waals surface area contributed by atoms with Gasteiger partial charge in [-0.3, -0.25) is 9.69 Å². The molecule has 0 bridgehead atoms. The van der Waals surface area contributed by atoms with E-state index < -0.39 is 11.9 Å². The van der Waals surface area contributed by atoms with Crippen molar-refractivity contribution in [2.75, 3.05) is 18.6 Å². The Bertz CT molecular complexity index is 448. The number of hydrogen-bond acceptors (Lipinski definition) is 4. The van der Waals surface area contributed by atoms with Crippen molar-refractivity contribution in [2.45, 2.75) is 13.3 Å². The maximum atomic E-state index is 12.3. The van der Waals surface area contributed by atoms with Gasteiger partial charge in [-0.05, 0) is 12.1 Å². The third kappa shape index (κ3) is 3.62. The molecule has 0 aliphatic rings. The number of hydrogen-bond donors (Lipinski definition) is 1. The molecular formula is C13H17N3O3. The summed E-state index contributed by atoms with van der Waals surface area (Å²) in [6, 6.07) is 8.25. The molecule has 1 aromatic carbocycles. The SMILES string of the molecule is CCC(=O)N(CC=O)C(=O)N(NC)c1ccccc1. The first-order chi connectivity index (χ1) is 9.15. The number of carbonyl (C=O) groups excluding carboxylic acids is 3. The molecule has 0 fully saturated rings. The van der Waals surface area contributed by atoms with E-state index in [0.717, 1.165) is 4.90 Å². The fourth-order valence-electron chi connectivity index (χ4n) is 1.58. The van der Waals surface area contributed by atoms with Crippen molar-refractivity contribution in [2.24, 2.45) is 0 Å². The van der Waals surface area contributed by atoms with Crippen molar-refractivity contribution in [3.8, 4) is 0 Å². The van der Waals surface area contributed by atoms with Crippen LogP contribution in [0.25, 0.3) is 0 Å². The van der Waals surface area contributed by atoms with Crippen LogP contribution in [-0.2, 0) is 9.59 Å².